The molecule has 3 heteroatoms. The Morgan fingerprint density at radius 2 is 2.00 bits per heavy atom. The number of rotatable bonds is 3. The lowest BCUT2D eigenvalue weighted by atomic mass is 10.00. The molecule has 0 bridgehead atoms. The number of aliphatic hydroxyl groups excluding tert-OH is 1. The van der Waals surface area contributed by atoms with Crippen molar-refractivity contribution in [1.82, 2.24) is 9.80 Å². The van der Waals surface area contributed by atoms with Crippen LogP contribution in [0.4, 0.5) is 0 Å². The second-order valence-electron chi connectivity index (χ2n) is 5.76. The van der Waals surface area contributed by atoms with Crippen molar-refractivity contribution in [1.29, 1.82) is 0 Å². The van der Waals surface area contributed by atoms with Gasteiger partial charge < -0.3 is 10.0 Å². The molecule has 2 heterocycles. The van der Waals surface area contributed by atoms with E-state index in [0.717, 1.165) is 26.2 Å². The van der Waals surface area contributed by atoms with Crippen molar-refractivity contribution in [2.75, 3.05) is 26.2 Å². The van der Waals surface area contributed by atoms with Crippen LogP contribution in [0.15, 0.2) is 54.1 Å². The van der Waals surface area contributed by atoms with Gasteiger partial charge in [0.2, 0.25) is 0 Å². The van der Waals surface area contributed by atoms with E-state index in [1.807, 2.05) is 6.20 Å². The summed E-state index contributed by atoms with van der Waals surface area (Å²) in [5.41, 5.74) is 2.74. The molecule has 0 aromatic heterocycles. The molecule has 2 aliphatic rings. The fraction of sp³-hybridized carbons (Fsp3) is 0.412. The quantitative estimate of drug-likeness (QED) is 0.914. The minimum atomic E-state index is 0.472. The first-order chi connectivity index (χ1) is 9.72. The first kappa shape index (κ1) is 13.3. The highest BCUT2D eigenvalue weighted by atomic mass is 16.3. The number of nitrogens with zero attached hydrogens (tertiary/aromatic N) is 2. The van der Waals surface area contributed by atoms with Crippen LogP contribution in [0.3, 0.4) is 0 Å². The molecule has 1 unspecified atom stereocenters. The van der Waals surface area contributed by atoms with E-state index in [-0.39, 0.29) is 0 Å². The molecule has 1 aromatic carbocycles. The zero-order valence-electron chi connectivity index (χ0n) is 12.0. The molecule has 1 saturated heterocycles. The zero-order chi connectivity index (χ0) is 13.9. The van der Waals surface area contributed by atoms with Gasteiger partial charge in [-0.15, -0.1) is 0 Å². The molecule has 3 nitrogen and oxygen atoms in total. The van der Waals surface area contributed by atoms with E-state index >= 15 is 0 Å². The van der Waals surface area contributed by atoms with Crippen molar-refractivity contribution < 1.29 is 5.11 Å². The Morgan fingerprint density at radius 1 is 1.20 bits per heavy atom. The third-order valence-electron chi connectivity index (χ3n) is 4.16. The number of benzene rings is 1. The third-order valence-corrected chi connectivity index (χ3v) is 4.16. The smallest absolute Gasteiger partial charge is 0.112 e. The molecule has 1 aromatic rings. The van der Waals surface area contributed by atoms with Gasteiger partial charge in [0.25, 0.3) is 0 Å². The fourth-order valence-electron chi connectivity index (χ4n) is 3.01. The normalized spacial score (nSPS) is 20.9. The van der Waals surface area contributed by atoms with Crippen molar-refractivity contribution in [2.45, 2.75) is 19.3 Å². The van der Waals surface area contributed by atoms with Crippen LogP contribution in [0, 0.1) is 0 Å². The molecule has 0 spiro atoms. The van der Waals surface area contributed by atoms with Crippen molar-refractivity contribution in [3.63, 3.8) is 0 Å². The van der Waals surface area contributed by atoms with Crippen LogP contribution in [0.2, 0.25) is 0 Å². The van der Waals surface area contributed by atoms with Crippen LogP contribution in [-0.4, -0.2) is 41.1 Å². The molecule has 1 N–H and O–H groups in total. The number of hydrogen-bond donors (Lipinski definition) is 1. The molecule has 106 valence electrons. The van der Waals surface area contributed by atoms with Gasteiger partial charge in [0.15, 0.2) is 0 Å². The summed E-state index contributed by atoms with van der Waals surface area (Å²) in [5.74, 6) is 1.02. The van der Waals surface area contributed by atoms with Gasteiger partial charge in [0, 0.05) is 44.5 Å². The average Bonchev–Trinajstić information content (AvgIpc) is 2.48. The van der Waals surface area contributed by atoms with E-state index < -0.39 is 0 Å². The van der Waals surface area contributed by atoms with Crippen molar-refractivity contribution >= 4 is 0 Å². The number of hydrogen-bond acceptors (Lipinski definition) is 3. The van der Waals surface area contributed by atoms with E-state index in [2.05, 4.69) is 53.1 Å². The highest BCUT2D eigenvalue weighted by molar-refractivity contribution is 5.21. The molecule has 1 fully saturated rings. The summed E-state index contributed by atoms with van der Waals surface area (Å²) in [6, 6.07) is 10.7. The van der Waals surface area contributed by atoms with Gasteiger partial charge in [-0.05, 0) is 11.5 Å². The predicted molar refractivity (Wildman–Crippen MR) is 81.4 cm³/mol. The van der Waals surface area contributed by atoms with Gasteiger partial charge in [0.1, 0.15) is 5.76 Å². The molecule has 0 aliphatic carbocycles. The number of piperazine rings is 1. The Kier molecular flexibility index (Phi) is 3.79. The summed E-state index contributed by atoms with van der Waals surface area (Å²) in [7, 11) is 0. The molecule has 20 heavy (non-hydrogen) atoms. The molecular weight excluding hydrogens is 248 g/mol. The maximum Gasteiger partial charge on any atom is 0.112 e. The standard InChI is InChI=1S/C17H22N2O/c1-14(15-5-3-2-4-6-15)11-18-9-10-19-13-17(20)8-7-16(19)12-18/h2-7,13-14,20H,8-12H2,1H3. The van der Waals surface area contributed by atoms with Crippen LogP contribution < -0.4 is 0 Å². The summed E-state index contributed by atoms with van der Waals surface area (Å²) in [5, 5.41) is 9.57. The van der Waals surface area contributed by atoms with E-state index in [1.54, 1.807) is 0 Å². The van der Waals surface area contributed by atoms with E-state index in [4.69, 9.17) is 0 Å². The Labute approximate surface area is 120 Å². The highest BCUT2D eigenvalue weighted by Gasteiger charge is 2.23. The van der Waals surface area contributed by atoms with Gasteiger partial charge in [-0.3, -0.25) is 4.90 Å². The SMILES string of the molecule is CC(CN1CCN2C=C(O)CC=C2C1)c1ccccc1. The lowest BCUT2D eigenvalue weighted by Crippen LogP contribution is -2.44. The van der Waals surface area contributed by atoms with Crippen molar-refractivity contribution in [3.8, 4) is 0 Å². The van der Waals surface area contributed by atoms with Crippen LogP contribution in [0.25, 0.3) is 0 Å². The van der Waals surface area contributed by atoms with Crippen LogP contribution in [-0.2, 0) is 0 Å². The topological polar surface area (TPSA) is 26.7 Å². The minimum absolute atomic E-state index is 0.472. The number of aliphatic hydroxyl groups is 1. The lowest BCUT2D eigenvalue weighted by Gasteiger charge is -2.39. The predicted octanol–water partition coefficient (Wildman–Crippen LogP) is 3.09. The molecule has 1 atom stereocenters. The zero-order valence-corrected chi connectivity index (χ0v) is 12.0. The Morgan fingerprint density at radius 3 is 2.80 bits per heavy atom. The Bertz CT molecular complexity index is 521. The van der Waals surface area contributed by atoms with E-state index in [0.29, 0.717) is 18.1 Å². The summed E-state index contributed by atoms with van der Waals surface area (Å²) >= 11 is 0. The summed E-state index contributed by atoms with van der Waals surface area (Å²) in [4.78, 5) is 4.69. The first-order valence-electron chi connectivity index (χ1n) is 7.35. The molecule has 0 amide bonds. The molecule has 0 saturated carbocycles. The minimum Gasteiger partial charge on any atom is -0.510 e. The summed E-state index contributed by atoms with van der Waals surface area (Å²) in [6.45, 7) is 6.39. The third kappa shape index (κ3) is 2.88. The van der Waals surface area contributed by atoms with Crippen LogP contribution in [0.5, 0.6) is 0 Å². The van der Waals surface area contributed by atoms with Crippen LogP contribution in [0.1, 0.15) is 24.8 Å². The maximum absolute atomic E-state index is 9.57. The largest absolute Gasteiger partial charge is 0.510 e. The van der Waals surface area contributed by atoms with Crippen molar-refractivity contribution in [2.24, 2.45) is 0 Å². The first-order valence-corrected chi connectivity index (χ1v) is 7.35. The van der Waals surface area contributed by atoms with Gasteiger partial charge in [-0.2, -0.15) is 0 Å². The average molecular weight is 270 g/mol. The molecule has 0 radical (unpaired) electrons. The van der Waals surface area contributed by atoms with Gasteiger partial charge >= 0.3 is 0 Å². The number of fused-ring (bicyclic) bond motifs is 1. The molecular formula is C17H22N2O. The second kappa shape index (κ2) is 5.71. The molecule has 3 rings (SSSR count). The molecule has 2 aliphatic heterocycles. The van der Waals surface area contributed by atoms with Gasteiger partial charge in [0.05, 0.1) is 0 Å². The number of allylic oxidation sites excluding steroid dienone is 1. The Hall–Kier alpha value is -1.74. The highest BCUT2D eigenvalue weighted by Crippen LogP contribution is 2.23. The fourth-order valence-corrected chi connectivity index (χ4v) is 3.01. The van der Waals surface area contributed by atoms with Crippen LogP contribution >= 0.6 is 0 Å². The van der Waals surface area contributed by atoms with Crippen molar-refractivity contribution in [3.05, 3.63) is 59.6 Å². The summed E-state index contributed by atoms with van der Waals surface area (Å²) in [6.07, 6.45) is 4.70. The monoisotopic (exact) mass is 270 g/mol. The van der Waals surface area contributed by atoms with E-state index in [1.165, 1.54) is 11.3 Å². The second-order valence-corrected chi connectivity index (χ2v) is 5.76. The maximum atomic E-state index is 9.57. The van der Waals surface area contributed by atoms with Gasteiger partial charge in [-0.1, -0.05) is 43.3 Å². The van der Waals surface area contributed by atoms with Gasteiger partial charge in [-0.25, -0.2) is 0 Å². The Balaban J connectivity index is 1.61. The van der Waals surface area contributed by atoms with E-state index in [9.17, 15) is 5.11 Å². The summed E-state index contributed by atoms with van der Waals surface area (Å²) < 4.78 is 0. The lowest BCUT2D eigenvalue weighted by molar-refractivity contribution is 0.192.